The Morgan fingerprint density at radius 3 is 2.52 bits per heavy atom. The Morgan fingerprint density at radius 1 is 0.968 bits per heavy atom. The summed E-state index contributed by atoms with van der Waals surface area (Å²) in [6.45, 7) is 1.77. The van der Waals surface area contributed by atoms with E-state index in [0.29, 0.717) is 12.3 Å². The predicted molar refractivity (Wildman–Crippen MR) is 123 cm³/mol. The maximum atomic E-state index is 12.6. The molecule has 31 heavy (non-hydrogen) atoms. The molecule has 0 unspecified atom stereocenters. The first-order chi connectivity index (χ1) is 15.1. The Bertz CT molecular complexity index is 1070. The van der Waals surface area contributed by atoms with Gasteiger partial charge in [0, 0.05) is 28.7 Å². The number of amides is 2. The maximum absolute atomic E-state index is 12.6. The molecule has 3 aromatic carbocycles. The van der Waals surface area contributed by atoms with Crippen LogP contribution in [-0.4, -0.2) is 43.5 Å². The molecule has 0 atom stereocenters. The second-order valence-corrected chi connectivity index (χ2v) is 7.85. The number of ether oxygens (including phenoxy) is 1. The van der Waals surface area contributed by atoms with Crippen LogP contribution in [0.3, 0.4) is 0 Å². The van der Waals surface area contributed by atoms with Gasteiger partial charge in [-0.05, 0) is 49.5 Å². The van der Waals surface area contributed by atoms with Crippen LogP contribution in [0.5, 0.6) is 5.75 Å². The van der Waals surface area contributed by atoms with Crippen LogP contribution in [0.1, 0.15) is 12.8 Å². The third kappa shape index (κ3) is 5.22. The number of carbonyl (C=O) groups excluding carboxylic acids is 2. The zero-order valence-corrected chi connectivity index (χ0v) is 17.6. The molecule has 6 heteroatoms. The lowest BCUT2D eigenvalue weighted by atomic mass is 9.95. The molecule has 3 aromatic rings. The predicted octanol–water partition coefficient (Wildman–Crippen LogP) is 4.14. The van der Waals surface area contributed by atoms with Gasteiger partial charge >= 0.3 is 0 Å². The van der Waals surface area contributed by atoms with Crippen molar-refractivity contribution in [1.82, 2.24) is 4.90 Å². The summed E-state index contributed by atoms with van der Waals surface area (Å²) in [6.07, 6.45) is 1.47. The minimum atomic E-state index is -0.0522. The highest BCUT2D eigenvalue weighted by Gasteiger charge is 2.26. The van der Waals surface area contributed by atoms with Gasteiger partial charge in [0.15, 0.2) is 0 Å². The van der Waals surface area contributed by atoms with Crippen LogP contribution in [0.2, 0.25) is 0 Å². The minimum Gasteiger partial charge on any atom is -0.497 e. The molecule has 1 saturated heterocycles. The SMILES string of the molecule is COc1cccc(NC(=O)C2CCN(CC(=O)Nc3cccc4ccccc34)CC2)c1. The highest BCUT2D eigenvalue weighted by Crippen LogP contribution is 2.24. The molecule has 0 saturated carbocycles. The third-order valence-electron chi connectivity index (χ3n) is 5.73. The van der Waals surface area contributed by atoms with Crippen LogP contribution in [0, 0.1) is 5.92 Å². The standard InChI is InChI=1S/C25H27N3O3/c1-31-21-9-5-8-20(16-21)26-25(30)19-12-14-28(15-13-19)17-24(29)27-23-11-4-7-18-6-2-3-10-22(18)23/h2-11,16,19H,12-15,17H2,1H3,(H,26,30)(H,27,29). The van der Waals surface area contributed by atoms with Crippen LogP contribution in [0.4, 0.5) is 11.4 Å². The van der Waals surface area contributed by atoms with E-state index in [2.05, 4.69) is 15.5 Å². The molecule has 160 valence electrons. The van der Waals surface area contributed by atoms with Gasteiger partial charge in [-0.1, -0.05) is 42.5 Å². The number of nitrogens with one attached hydrogen (secondary N) is 2. The number of nitrogens with zero attached hydrogens (tertiary/aromatic N) is 1. The number of piperidine rings is 1. The summed E-state index contributed by atoms with van der Waals surface area (Å²) in [6, 6.07) is 21.3. The van der Waals surface area contributed by atoms with E-state index < -0.39 is 0 Å². The molecule has 1 aliphatic rings. The van der Waals surface area contributed by atoms with E-state index in [0.717, 1.165) is 48.1 Å². The number of fused-ring (bicyclic) bond motifs is 1. The second-order valence-electron chi connectivity index (χ2n) is 7.85. The van der Waals surface area contributed by atoms with E-state index in [9.17, 15) is 9.59 Å². The van der Waals surface area contributed by atoms with Crippen molar-refractivity contribution in [2.45, 2.75) is 12.8 Å². The number of methoxy groups -OCH3 is 1. The quantitative estimate of drug-likeness (QED) is 0.633. The van der Waals surface area contributed by atoms with Gasteiger partial charge < -0.3 is 15.4 Å². The molecule has 0 spiro atoms. The van der Waals surface area contributed by atoms with Gasteiger partial charge in [-0.25, -0.2) is 0 Å². The summed E-state index contributed by atoms with van der Waals surface area (Å²) in [7, 11) is 1.60. The average molecular weight is 418 g/mol. The third-order valence-corrected chi connectivity index (χ3v) is 5.73. The fraction of sp³-hybridized carbons (Fsp3) is 0.280. The fourth-order valence-electron chi connectivity index (χ4n) is 4.03. The van der Waals surface area contributed by atoms with E-state index >= 15 is 0 Å². The minimum absolute atomic E-state index is 0.0214. The first-order valence-electron chi connectivity index (χ1n) is 10.6. The Hall–Kier alpha value is -3.38. The normalized spacial score (nSPS) is 14.9. The lowest BCUT2D eigenvalue weighted by Gasteiger charge is -2.30. The van der Waals surface area contributed by atoms with Crippen LogP contribution < -0.4 is 15.4 Å². The smallest absolute Gasteiger partial charge is 0.238 e. The molecule has 2 amide bonds. The summed E-state index contributed by atoms with van der Waals surface area (Å²) in [5.41, 5.74) is 1.57. The van der Waals surface area contributed by atoms with Gasteiger partial charge in [0.05, 0.1) is 13.7 Å². The zero-order valence-electron chi connectivity index (χ0n) is 17.6. The van der Waals surface area contributed by atoms with Crippen LogP contribution >= 0.6 is 0 Å². The zero-order chi connectivity index (χ0) is 21.6. The van der Waals surface area contributed by atoms with Crippen molar-refractivity contribution in [1.29, 1.82) is 0 Å². The molecule has 0 aliphatic carbocycles. The molecule has 0 radical (unpaired) electrons. The monoisotopic (exact) mass is 417 g/mol. The van der Waals surface area contributed by atoms with Gasteiger partial charge in [0.25, 0.3) is 0 Å². The van der Waals surface area contributed by atoms with Gasteiger partial charge in [-0.15, -0.1) is 0 Å². The van der Waals surface area contributed by atoms with E-state index in [-0.39, 0.29) is 17.7 Å². The van der Waals surface area contributed by atoms with Crippen molar-refractivity contribution in [3.63, 3.8) is 0 Å². The van der Waals surface area contributed by atoms with Crippen molar-refractivity contribution in [3.8, 4) is 5.75 Å². The lowest BCUT2D eigenvalue weighted by molar-refractivity contribution is -0.121. The fourth-order valence-corrected chi connectivity index (χ4v) is 4.03. The number of rotatable bonds is 6. The van der Waals surface area contributed by atoms with E-state index in [4.69, 9.17) is 4.74 Å². The van der Waals surface area contributed by atoms with Crippen molar-refractivity contribution < 1.29 is 14.3 Å². The summed E-state index contributed by atoms with van der Waals surface area (Å²) in [5, 5.41) is 8.15. The summed E-state index contributed by atoms with van der Waals surface area (Å²) < 4.78 is 5.20. The molecular weight excluding hydrogens is 390 g/mol. The summed E-state index contributed by atoms with van der Waals surface area (Å²) in [4.78, 5) is 27.3. The highest BCUT2D eigenvalue weighted by molar-refractivity contribution is 6.02. The molecule has 0 bridgehead atoms. The number of carbonyl (C=O) groups is 2. The van der Waals surface area contributed by atoms with Gasteiger partial charge in [0.1, 0.15) is 5.75 Å². The molecule has 6 nitrogen and oxygen atoms in total. The maximum Gasteiger partial charge on any atom is 0.238 e. The summed E-state index contributed by atoms with van der Waals surface area (Å²) in [5.74, 6) is 0.650. The Balaban J connectivity index is 1.27. The lowest BCUT2D eigenvalue weighted by Crippen LogP contribution is -2.41. The number of hydrogen-bond acceptors (Lipinski definition) is 4. The van der Waals surface area contributed by atoms with Crippen molar-refractivity contribution >= 4 is 34.0 Å². The number of hydrogen-bond donors (Lipinski definition) is 2. The summed E-state index contributed by atoms with van der Waals surface area (Å²) >= 11 is 0. The van der Waals surface area contributed by atoms with Crippen molar-refractivity contribution in [2.24, 2.45) is 5.92 Å². The van der Waals surface area contributed by atoms with Crippen molar-refractivity contribution in [2.75, 3.05) is 37.4 Å². The van der Waals surface area contributed by atoms with E-state index in [1.54, 1.807) is 7.11 Å². The molecule has 1 aliphatic heterocycles. The Morgan fingerprint density at radius 2 is 1.71 bits per heavy atom. The molecule has 0 aromatic heterocycles. The molecule has 4 rings (SSSR count). The van der Waals surface area contributed by atoms with Gasteiger partial charge in [-0.3, -0.25) is 14.5 Å². The second kappa shape index (κ2) is 9.62. The van der Waals surface area contributed by atoms with Crippen LogP contribution in [0.25, 0.3) is 10.8 Å². The molecule has 1 heterocycles. The number of anilines is 2. The number of benzene rings is 3. The topological polar surface area (TPSA) is 70.7 Å². The van der Waals surface area contributed by atoms with Crippen LogP contribution in [0.15, 0.2) is 66.7 Å². The number of likely N-dealkylation sites (tertiary alicyclic amines) is 1. The molecular formula is C25H27N3O3. The average Bonchev–Trinajstić information content (AvgIpc) is 2.80. The van der Waals surface area contributed by atoms with E-state index in [1.807, 2.05) is 66.7 Å². The first kappa shape index (κ1) is 20.9. The highest BCUT2D eigenvalue weighted by atomic mass is 16.5. The van der Waals surface area contributed by atoms with Gasteiger partial charge in [0.2, 0.25) is 11.8 Å². The molecule has 1 fully saturated rings. The molecule has 2 N–H and O–H groups in total. The van der Waals surface area contributed by atoms with Crippen LogP contribution in [-0.2, 0) is 9.59 Å². The largest absolute Gasteiger partial charge is 0.497 e. The Labute approximate surface area is 182 Å². The Kier molecular flexibility index (Phi) is 6.48. The van der Waals surface area contributed by atoms with Crippen molar-refractivity contribution in [3.05, 3.63) is 66.7 Å². The van der Waals surface area contributed by atoms with Gasteiger partial charge in [-0.2, -0.15) is 0 Å². The van der Waals surface area contributed by atoms with E-state index in [1.165, 1.54) is 0 Å². The first-order valence-corrected chi connectivity index (χ1v) is 10.6.